The van der Waals surface area contributed by atoms with Gasteiger partial charge in [-0.2, -0.15) is 0 Å². The maximum atomic E-state index is 4.02. The Bertz CT molecular complexity index is 63.4. The van der Waals surface area contributed by atoms with Gasteiger partial charge in [0, 0.05) is 7.35 Å². The van der Waals surface area contributed by atoms with E-state index in [1.54, 1.807) is 0 Å². The van der Waals surface area contributed by atoms with E-state index in [1.807, 2.05) is 0 Å². The molecule has 1 radical (unpaired) electrons. The first-order valence-electron chi connectivity index (χ1n) is 2.66. The molecule has 2 heteroatoms. The Labute approximate surface area is 79.1 Å². The van der Waals surface area contributed by atoms with Crippen molar-refractivity contribution >= 4 is 45.2 Å². The summed E-state index contributed by atoms with van der Waals surface area (Å²) in [7, 11) is 0. The fourth-order valence-corrected chi connectivity index (χ4v) is 0.866. The third-order valence-corrected chi connectivity index (χ3v) is 5.21. The fourth-order valence-electron chi connectivity index (χ4n) is 0.426. The molecule has 0 aliphatic heterocycles. The first-order chi connectivity index (χ1) is 3.48. The summed E-state index contributed by atoms with van der Waals surface area (Å²) in [5, 5.41) is 0. The van der Waals surface area contributed by atoms with E-state index in [9.17, 15) is 0 Å². The summed E-state index contributed by atoms with van der Waals surface area (Å²) in [5.74, 6) is 0. The second-order valence-corrected chi connectivity index (χ2v) is 6.12. The van der Waals surface area contributed by atoms with Crippen LogP contribution in [-0.4, -0.2) is 7.35 Å². The van der Waals surface area contributed by atoms with Crippen molar-refractivity contribution in [3.8, 4) is 0 Å². The number of rotatable bonds is 2. The van der Waals surface area contributed by atoms with Gasteiger partial charge in [-0.05, 0) is 20.3 Å². The minimum absolute atomic E-state index is 0.215. The van der Waals surface area contributed by atoms with Crippen LogP contribution in [0.5, 0.6) is 0 Å². The normalized spacial score (nSPS) is 16.1. The van der Waals surface area contributed by atoms with Crippen LogP contribution < -0.4 is 0 Å². The Hall–Kier alpha value is 1.46. The van der Waals surface area contributed by atoms with Crippen LogP contribution in [0.2, 0.25) is 0 Å². The zero-order valence-electron chi connectivity index (χ0n) is 5.25. The van der Waals surface area contributed by atoms with E-state index >= 15 is 0 Å². The SMILES string of the molecule is [CH2]C(C)(I)C(I)CC. The number of hydrogen-bond donors (Lipinski definition) is 0. The summed E-state index contributed by atoms with van der Waals surface area (Å²) in [4.78, 5) is 0. The smallest absolute Gasteiger partial charge is 0.0312 e. The van der Waals surface area contributed by atoms with Crippen molar-refractivity contribution in [2.45, 2.75) is 27.6 Å². The summed E-state index contributed by atoms with van der Waals surface area (Å²) in [6, 6.07) is 0. The molecule has 0 fully saturated rings. The first kappa shape index (κ1) is 9.46. The predicted molar refractivity (Wildman–Crippen MR) is 55.9 cm³/mol. The summed E-state index contributed by atoms with van der Waals surface area (Å²) >= 11 is 4.83. The predicted octanol–water partition coefficient (Wildman–Crippen LogP) is 3.23. The van der Waals surface area contributed by atoms with Crippen LogP contribution >= 0.6 is 45.2 Å². The average molecular weight is 337 g/mol. The Morgan fingerprint density at radius 1 is 1.75 bits per heavy atom. The molecule has 0 aromatic heterocycles. The number of halogens is 2. The molecule has 0 amide bonds. The zero-order valence-corrected chi connectivity index (χ0v) is 9.56. The van der Waals surface area contributed by atoms with Gasteiger partial charge in [0.2, 0.25) is 0 Å². The standard InChI is InChI=1S/C6H11I2/c1-4-5(7)6(2,3)8/h5H,2,4H2,1,3H3. The van der Waals surface area contributed by atoms with Gasteiger partial charge in [0.25, 0.3) is 0 Å². The van der Waals surface area contributed by atoms with E-state index < -0.39 is 0 Å². The summed E-state index contributed by atoms with van der Waals surface area (Å²) in [6.07, 6.45) is 1.21. The third kappa shape index (κ3) is 3.48. The van der Waals surface area contributed by atoms with E-state index in [-0.39, 0.29) is 3.42 Å². The lowest BCUT2D eigenvalue weighted by Crippen LogP contribution is -2.22. The molecule has 2 unspecified atom stereocenters. The quantitative estimate of drug-likeness (QED) is 0.536. The lowest BCUT2D eigenvalue weighted by atomic mass is 10.1. The minimum atomic E-state index is 0.215. The molecule has 0 aliphatic carbocycles. The highest BCUT2D eigenvalue weighted by molar-refractivity contribution is 14.1. The molecule has 0 aromatic rings. The Morgan fingerprint density at radius 3 is 2.12 bits per heavy atom. The van der Waals surface area contributed by atoms with Crippen molar-refractivity contribution in [2.24, 2.45) is 0 Å². The molecular weight excluding hydrogens is 326 g/mol. The van der Waals surface area contributed by atoms with Gasteiger partial charge in [0.05, 0.1) is 0 Å². The van der Waals surface area contributed by atoms with Crippen molar-refractivity contribution in [3.63, 3.8) is 0 Å². The Morgan fingerprint density at radius 2 is 2.12 bits per heavy atom. The maximum absolute atomic E-state index is 4.02. The highest BCUT2D eigenvalue weighted by atomic mass is 127. The first-order valence-corrected chi connectivity index (χ1v) is 4.99. The highest BCUT2D eigenvalue weighted by Gasteiger charge is 2.21. The van der Waals surface area contributed by atoms with E-state index in [2.05, 4.69) is 66.0 Å². The van der Waals surface area contributed by atoms with Crippen molar-refractivity contribution < 1.29 is 0 Å². The van der Waals surface area contributed by atoms with Crippen molar-refractivity contribution in [1.82, 2.24) is 0 Å². The van der Waals surface area contributed by atoms with E-state index in [0.717, 1.165) is 0 Å². The van der Waals surface area contributed by atoms with Gasteiger partial charge >= 0.3 is 0 Å². The molecule has 0 aliphatic rings. The summed E-state index contributed by atoms with van der Waals surface area (Å²) in [6.45, 7) is 8.37. The molecule has 0 heterocycles. The van der Waals surface area contributed by atoms with Gasteiger partial charge in [0.1, 0.15) is 0 Å². The van der Waals surface area contributed by atoms with Gasteiger partial charge < -0.3 is 0 Å². The second-order valence-electron chi connectivity index (χ2n) is 2.15. The van der Waals surface area contributed by atoms with Gasteiger partial charge in [-0.3, -0.25) is 0 Å². The lowest BCUT2D eigenvalue weighted by molar-refractivity contribution is 0.748. The van der Waals surface area contributed by atoms with Crippen molar-refractivity contribution in [3.05, 3.63) is 6.92 Å². The maximum Gasteiger partial charge on any atom is 0.0312 e. The van der Waals surface area contributed by atoms with E-state index in [0.29, 0.717) is 3.92 Å². The third-order valence-electron chi connectivity index (χ3n) is 1.01. The molecular formula is C6H11I2. The van der Waals surface area contributed by atoms with Crippen molar-refractivity contribution in [1.29, 1.82) is 0 Å². The summed E-state index contributed by atoms with van der Waals surface area (Å²) < 4.78 is 0.910. The Kier molecular flexibility index (Phi) is 4.24. The molecule has 0 bridgehead atoms. The highest BCUT2D eigenvalue weighted by Crippen LogP contribution is 2.29. The van der Waals surface area contributed by atoms with Gasteiger partial charge in [-0.25, -0.2) is 0 Å². The molecule has 0 aromatic carbocycles. The molecule has 2 atom stereocenters. The van der Waals surface area contributed by atoms with Crippen molar-refractivity contribution in [2.75, 3.05) is 0 Å². The van der Waals surface area contributed by atoms with Gasteiger partial charge in [-0.1, -0.05) is 52.1 Å². The second kappa shape index (κ2) is 3.58. The van der Waals surface area contributed by atoms with Crippen LogP contribution in [0.4, 0.5) is 0 Å². The zero-order chi connectivity index (χ0) is 6.78. The van der Waals surface area contributed by atoms with Gasteiger partial charge in [0.15, 0.2) is 0 Å². The topological polar surface area (TPSA) is 0 Å². The molecule has 0 spiro atoms. The van der Waals surface area contributed by atoms with Crippen LogP contribution in [0.15, 0.2) is 0 Å². The molecule has 0 rings (SSSR count). The molecule has 0 nitrogen and oxygen atoms in total. The van der Waals surface area contributed by atoms with Crippen LogP contribution in [-0.2, 0) is 0 Å². The lowest BCUT2D eigenvalue weighted by Gasteiger charge is -2.21. The fraction of sp³-hybridized carbons (Fsp3) is 0.833. The van der Waals surface area contributed by atoms with Gasteiger partial charge in [-0.15, -0.1) is 0 Å². The molecule has 0 saturated carbocycles. The molecule has 0 saturated heterocycles. The summed E-state index contributed by atoms with van der Waals surface area (Å²) in [5.41, 5.74) is 0. The van der Waals surface area contributed by atoms with E-state index in [4.69, 9.17) is 0 Å². The largest absolute Gasteiger partial charge is 0.0812 e. The minimum Gasteiger partial charge on any atom is -0.0812 e. The Balaban J connectivity index is 3.62. The van der Waals surface area contributed by atoms with E-state index in [1.165, 1.54) is 6.42 Å². The average Bonchev–Trinajstić information content (AvgIpc) is 1.62. The molecule has 0 N–H and O–H groups in total. The number of hydrogen-bond acceptors (Lipinski definition) is 0. The van der Waals surface area contributed by atoms with Crippen LogP contribution in [0.25, 0.3) is 0 Å². The van der Waals surface area contributed by atoms with Crippen LogP contribution in [0, 0.1) is 6.92 Å². The molecule has 49 valence electrons. The molecule has 8 heavy (non-hydrogen) atoms. The number of alkyl halides is 2. The monoisotopic (exact) mass is 337 g/mol. The van der Waals surface area contributed by atoms with Crippen LogP contribution in [0.3, 0.4) is 0 Å². The van der Waals surface area contributed by atoms with Crippen LogP contribution in [0.1, 0.15) is 20.3 Å².